The van der Waals surface area contributed by atoms with Crippen LogP contribution in [0.5, 0.6) is 0 Å². The van der Waals surface area contributed by atoms with Crippen molar-refractivity contribution in [2.75, 3.05) is 32.7 Å². The lowest BCUT2D eigenvalue weighted by molar-refractivity contribution is -0.125. The third kappa shape index (κ3) is 3.88. The lowest BCUT2D eigenvalue weighted by atomic mass is 9.73. The highest BCUT2D eigenvalue weighted by Gasteiger charge is 2.62. The zero-order valence-corrected chi connectivity index (χ0v) is 16.7. The molecule has 4 aliphatic rings. The van der Waals surface area contributed by atoms with Crippen LogP contribution in [0, 0.1) is 17.8 Å². The fourth-order valence-corrected chi connectivity index (χ4v) is 6.04. The Morgan fingerprint density at radius 2 is 1.89 bits per heavy atom. The molecule has 0 unspecified atom stereocenters. The average Bonchev–Trinajstić information content (AvgIpc) is 3.19. The number of carbonyl (C=O) groups excluding carboxylic acids is 2. The number of amides is 2. The molecule has 0 radical (unpaired) electrons. The van der Waals surface area contributed by atoms with Crippen LogP contribution in [0.3, 0.4) is 0 Å². The summed E-state index contributed by atoms with van der Waals surface area (Å²) in [4.78, 5) is 26.9. The first-order valence-electron chi connectivity index (χ1n) is 11.1. The minimum atomic E-state index is -0.0745. The number of hydrogen-bond donors (Lipinski definition) is 2. The smallest absolute Gasteiger partial charge is 0.234 e. The zero-order chi connectivity index (χ0) is 18.9. The van der Waals surface area contributed by atoms with E-state index >= 15 is 0 Å². The molecule has 2 bridgehead atoms. The predicted molar refractivity (Wildman–Crippen MR) is 103 cm³/mol. The molecule has 0 aromatic heterocycles. The van der Waals surface area contributed by atoms with Crippen molar-refractivity contribution in [2.45, 2.75) is 70.0 Å². The van der Waals surface area contributed by atoms with Gasteiger partial charge in [0, 0.05) is 43.9 Å². The van der Waals surface area contributed by atoms with Gasteiger partial charge in [0.25, 0.3) is 0 Å². The van der Waals surface area contributed by atoms with Crippen molar-refractivity contribution in [3.8, 4) is 0 Å². The topological polar surface area (TPSA) is 70.7 Å². The average molecular weight is 378 g/mol. The van der Waals surface area contributed by atoms with Gasteiger partial charge in [-0.2, -0.15) is 0 Å². The Labute approximate surface area is 162 Å². The summed E-state index contributed by atoms with van der Waals surface area (Å²) in [5, 5.41) is 6.17. The van der Waals surface area contributed by atoms with E-state index in [9.17, 15) is 9.59 Å². The van der Waals surface area contributed by atoms with E-state index in [-0.39, 0.29) is 29.4 Å². The number of rotatable bonds is 6. The van der Waals surface area contributed by atoms with Crippen LogP contribution in [-0.4, -0.2) is 61.1 Å². The Hall–Kier alpha value is -1.14. The van der Waals surface area contributed by atoms with Gasteiger partial charge in [0.05, 0.1) is 18.2 Å². The largest absolute Gasteiger partial charge is 0.370 e. The van der Waals surface area contributed by atoms with Crippen molar-refractivity contribution in [3.05, 3.63) is 0 Å². The highest BCUT2D eigenvalue weighted by atomic mass is 16.5. The number of nitrogens with one attached hydrogen (secondary N) is 2. The molecular formula is C21H35N3O3. The number of fused-ring (bicyclic) bond motifs is 1. The molecule has 1 aliphatic carbocycles. The highest BCUT2D eigenvalue weighted by molar-refractivity contribution is 5.78. The molecule has 6 heteroatoms. The lowest BCUT2D eigenvalue weighted by Gasteiger charge is -2.30. The van der Waals surface area contributed by atoms with E-state index in [1.807, 2.05) is 6.92 Å². The molecular weight excluding hydrogens is 342 g/mol. The Balaban J connectivity index is 1.32. The molecule has 152 valence electrons. The molecule has 0 aromatic carbocycles. The first-order valence-corrected chi connectivity index (χ1v) is 11.1. The quantitative estimate of drug-likeness (QED) is 0.691. The van der Waals surface area contributed by atoms with E-state index in [0.717, 1.165) is 45.3 Å². The van der Waals surface area contributed by atoms with Crippen LogP contribution in [-0.2, 0) is 14.3 Å². The second-order valence-corrected chi connectivity index (χ2v) is 9.09. The summed E-state index contributed by atoms with van der Waals surface area (Å²) in [6, 6.07) is 0. The van der Waals surface area contributed by atoms with Crippen LogP contribution in [0.15, 0.2) is 0 Å². The molecule has 1 spiro atoms. The summed E-state index contributed by atoms with van der Waals surface area (Å²) in [5.41, 5.74) is -0.0745. The van der Waals surface area contributed by atoms with E-state index in [2.05, 4.69) is 15.5 Å². The van der Waals surface area contributed by atoms with Crippen molar-refractivity contribution < 1.29 is 14.3 Å². The predicted octanol–water partition coefficient (Wildman–Crippen LogP) is 1.69. The van der Waals surface area contributed by atoms with E-state index in [0.29, 0.717) is 24.9 Å². The minimum absolute atomic E-state index is 0.0745. The Bertz CT molecular complexity index is 561. The third-order valence-corrected chi connectivity index (χ3v) is 7.33. The van der Waals surface area contributed by atoms with Gasteiger partial charge < -0.3 is 15.4 Å². The molecule has 4 rings (SSSR count). The Kier molecular flexibility index (Phi) is 5.74. The number of ether oxygens (including phenoxy) is 1. The van der Waals surface area contributed by atoms with Crippen LogP contribution in [0.1, 0.15) is 58.3 Å². The standard InChI is InChI=1S/C21H35N3O3/c1-2-22-19(25)13-24-12-17-16(18-9-10-21(17,14-24)27-18)11-23-20(26)15-7-5-3-4-6-8-15/h15-18H,2-14H2,1H3,(H,22,25)(H,23,26)/t16-,17+,18+,21+/m0/s1. The molecule has 4 fully saturated rings. The fourth-order valence-electron chi connectivity index (χ4n) is 6.04. The first-order chi connectivity index (χ1) is 13.1. The third-order valence-electron chi connectivity index (χ3n) is 7.33. The minimum Gasteiger partial charge on any atom is -0.370 e. The van der Waals surface area contributed by atoms with Crippen molar-refractivity contribution in [2.24, 2.45) is 17.8 Å². The van der Waals surface area contributed by atoms with Gasteiger partial charge in [-0.1, -0.05) is 25.7 Å². The van der Waals surface area contributed by atoms with Gasteiger partial charge in [-0.15, -0.1) is 0 Å². The van der Waals surface area contributed by atoms with Gasteiger partial charge in [0.15, 0.2) is 0 Å². The maximum atomic E-state index is 12.7. The molecule has 2 N–H and O–H groups in total. The second-order valence-electron chi connectivity index (χ2n) is 9.09. The number of carbonyl (C=O) groups is 2. The highest BCUT2D eigenvalue weighted by Crippen LogP contribution is 2.54. The molecule has 3 saturated heterocycles. The van der Waals surface area contributed by atoms with Gasteiger partial charge in [0.2, 0.25) is 11.8 Å². The van der Waals surface area contributed by atoms with Crippen LogP contribution < -0.4 is 10.6 Å². The Morgan fingerprint density at radius 3 is 2.63 bits per heavy atom. The number of likely N-dealkylation sites (N-methyl/N-ethyl adjacent to an activating group) is 1. The van der Waals surface area contributed by atoms with Crippen LogP contribution in [0.2, 0.25) is 0 Å². The molecule has 2 amide bonds. The molecule has 4 atom stereocenters. The monoisotopic (exact) mass is 377 g/mol. The fraction of sp³-hybridized carbons (Fsp3) is 0.905. The van der Waals surface area contributed by atoms with Crippen molar-refractivity contribution in [1.29, 1.82) is 0 Å². The number of hydrogen-bond acceptors (Lipinski definition) is 4. The maximum absolute atomic E-state index is 12.7. The molecule has 3 heterocycles. The van der Waals surface area contributed by atoms with Crippen molar-refractivity contribution in [1.82, 2.24) is 15.5 Å². The van der Waals surface area contributed by atoms with Crippen LogP contribution in [0.4, 0.5) is 0 Å². The number of likely N-dealkylation sites (tertiary alicyclic amines) is 1. The van der Waals surface area contributed by atoms with E-state index in [4.69, 9.17) is 4.74 Å². The zero-order valence-electron chi connectivity index (χ0n) is 16.7. The second kappa shape index (κ2) is 8.08. The van der Waals surface area contributed by atoms with Gasteiger partial charge in [0.1, 0.15) is 0 Å². The summed E-state index contributed by atoms with van der Waals surface area (Å²) in [7, 11) is 0. The van der Waals surface area contributed by atoms with E-state index in [1.165, 1.54) is 25.7 Å². The van der Waals surface area contributed by atoms with Gasteiger partial charge in [-0.25, -0.2) is 0 Å². The maximum Gasteiger partial charge on any atom is 0.234 e. The first kappa shape index (κ1) is 19.2. The van der Waals surface area contributed by atoms with Gasteiger partial charge in [-0.3, -0.25) is 14.5 Å². The van der Waals surface area contributed by atoms with Crippen LogP contribution in [0.25, 0.3) is 0 Å². The summed E-state index contributed by atoms with van der Waals surface area (Å²) >= 11 is 0. The molecule has 0 aromatic rings. The van der Waals surface area contributed by atoms with Gasteiger partial charge >= 0.3 is 0 Å². The molecule has 1 saturated carbocycles. The molecule has 3 aliphatic heterocycles. The Morgan fingerprint density at radius 1 is 1.11 bits per heavy atom. The van der Waals surface area contributed by atoms with Crippen LogP contribution >= 0.6 is 0 Å². The van der Waals surface area contributed by atoms with Crippen molar-refractivity contribution in [3.63, 3.8) is 0 Å². The normalized spacial score (nSPS) is 36.4. The summed E-state index contributed by atoms with van der Waals surface area (Å²) in [6.45, 7) is 5.60. The van der Waals surface area contributed by atoms with Gasteiger partial charge in [-0.05, 0) is 32.6 Å². The summed E-state index contributed by atoms with van der Waals surface area (Å²) < 4.78 is 6.44. The van der Waals surface area contributed by atoms with E-state index < -0.39 is 0 Å². The lowest BCUT2D eigenvalue weighted by Crippen LogP contribution is -2.43. The van der Waals surface area contributed by atoms with E-state index in [1.54, 1.807) is 0 Å². The summed E-state index contributed by atoms with van der Waals surface area (Å²) in [5.74, 6) is 1.40. The molecule has 27 heavy (non-hydrogen) atoms. The number of nitrogens with zero attached hydrogens (tertiary/aromatic N) is 1. The summed E-state index contributed by atoms with van der Waals surface area (Å²) in [6.07, 6.45) is 9.49. The SMILES string of the molecule is CCNC(=O)CN1C[C@@H]2[C@H](CNC(=O)C3CCCCCC3)[C@H]3CC[C@]2(C1)O3. The van der Waals surface area contributed by atoms with Crippen molar-refractivity contribution >= 4 is 11.8 Å². The molecule has 6 nitrogen and oxygen atoms in total.